The van der Waals surface area contributed by atoms with Gasteiger partial charge < -0.3 is 6.42 Å². The van der Waals surface area contributed by atoms with E-state index in [4.69, 9.17) is 0 Å². The Morgan fingerprint density at radius 1 is 1.25 bits per heavy atom. The van der Waals surface area contributed by atoms with Crippen LogP contribution in [-0.2, 0) is 17.1 Å². The van der Waals surface area contributed by atoms with Crippen molar-refractivity contribution >= 4 is 0 Å². The first-order chi connectivity index (χ1) is 5.41. The van der Waals surface area contributed by atoms with Gasteiger partial charge in [0.15, 0.2) is 0 Å². The van der Waals surface area contributed by atoms with Gasteiger partial charge in [0.2, 0.25) is 0 Å². The molecule has 1 heteroatoms. The normalized spacial score (nSPS) is 15.8. The first-order valence-corrected chi connectivity index (χ1v) is 4.37. The minimum atomic E-state index is 0. The summed E-state index contributed by atoms with van der Waals surface area (Å²) in [6.45, 7) is 5.27. The molecule has 1 aliphatic carbocycles. The molecule has 0 aromatic heterocycles. The monoisotopic (exact) mass is 206 g/mol. The van der Waals surface area contributed by atoms with Crippen molar-refractivity contribution in [3.8, 4) is 0 Å². The summed E-state index contributed by atoms with van der Waals surface area (Å²) < 4.78 is 0. The van der Waals surface area contributed by atoms with Crippen molar-refractivity contribution in [3.63, 3.8) is 0 Å². The molecule has 0 atom stereocenters. The van der Waals surface area contributed by atoms with Gasteiger partial charge in [-0.05, 0) is 0 Å². The van der Waals surface area contributed by atoms with Crippen LogP contribution in [0.25, 0.3) is 0 Å². The summed E-state index contributed by atoms with van der Waals surface area (Å²) in [7, 11) is 0. The summed E-state index contributed by atoms with van der Waals surface area (Å²) >= 11 is 0. The van der Waals surface area contributed by atoms with Gasteiger partial charge >= 0.3 is 17.1 Å². The molecule has 0 bridgehead atoms. The van der Waals surface area contributed by atoms with Crippen LogP contribution in [-0.4, -0.2) is 0 Å². The van der Waals surface area contributed by atoms with Crippen molar-refractivity contribution in [1.29, 1.82) is 0 Å². The van der Waals surface area contributed by atoms with E-state index in [-0.39, 0.29) is 17.1 Å². The Balaban J connectivity index is 0. The first-order valence-electron chi connectivity index (χ1n) is 4.37. The molecule has 0 aromatic rings. The maximum atomic E-state index is 3.34. The van der Waals surface area contributed by atoms with Crippen LogP contribution in [0.4, 0.5) is 0 Å². The van der Waals surface area contributed by atoms with Gasteiger partial charge in [0.05, 0.1) is 0 Å². The molecular formula is C11H18Fe. The molecule has 0 unspecified atom stereocenters. The zero-order valence-corrected chi connectivity index (χ0v) is 8.93. The van der Waals surface area contributed by atoms with Crippen molar-refractivity contribution in [3.05, 3.63) is 31.2 Å². The van der Waals surface area contributed by atoms with E-state index in [9.17, 15) is 0 Å². The fourth-order valence-corrected chi connectivity index (χ4v) is 1.02. The van der Waals surface area contributed by atoms with Gasteiger partial charge in [0.25, 0.3) is 0 Å². The van der Waals surface area contributed by atoms with Gasteiger partial charge in [-0.1, -0.05) is 19.3 Å². The molecule has 0 aromatic carbocycles. The van der Waals surface area contributed by atoms with E-state index >= 15 is 0 Å². The van der Waals surface area contributed by atoms with E-state index in [1.165, 1.54) is 32.1 Å². The largest absolute Gasteiger partial charge is 2.00 e. The van der Waals surface area contributed by atoms with Crippen LogP contribution >= 0.6 is 0 Å². The second-order valence-corrected chi connectivity index (χ2v) is 2.63. The third-order valence-electron chi connectivity index (χ3n) is 1.60. The van der Waals surface area contributed by atoms with E-state index in [2.05, 4.69) is 19.1 Å². The standard InChI is InChI=1S/C6H11.C5H7.Fe/c1-2-4-6-5-3-1;1-3-5-4-2;/h1H,2-6H2;4-5H,1H2,2H3;/q2*-1;+2/b;5-4-;. The van der Waals surface area contributed by atoms with Gasteiger partial charge in [-0.25, -0.2) is 12.2 Å². The Bertz CT molecular complexity index is 90.1. The van der Waals surface area contributed by atoms with Crippen LogP contribution < -0.4 is 0 Å². The van der Waals surface area contributed by atoms with Gasteiger partial charge in [-0.2, -0.15) is 19.4 Å². The number of rotatable bonds is 1. The van der Waals surface area contributed by atoms with Crippen LogP contribution in [0.3, 0.4) is 0 Å². The summed E-state index contributed by atoms with van der Waals surface area (Å²) in [6.07, 6.45) is 15.7. The number of allylic oxidation sites excluding steroid dienone is 3. The molecule has 12 heavy (non-hydrogen) atoms. The van der Waals surface area contributed by atoms with Gasteiger partial charge in [0.1, 0.15) is 0 Å². The Labute approximate surface area is 87.6 Å². The third-order valence-corrected chi connectivity index (χ3v) is 1.60. The predicted molar refractivity (Wildman–Crippen MR) is 51.1 cm³/mol. The van der Waals surface area contributed by atoms with Crippen molar-refractivity contribution in [2.24, 2.45) is 0 Å². The van der Waals surface area contributed by atoms with Crippen molar-refractivity contribution in [2.45, 2.75) is 39.0 Å². The molecule has 1 fully saturated rings. The van der Waals surface area contributed by atoms with Crippen molar-refractivity contribution < 1.29 is 17.1 Å². The SMILES string of the molecule is C=[C-]/C=C\C.[CH-]1CCCCC1.[Fe+2]. The first kappa shape index (κ1) is 14.5. The molecule has 0 amide bonds. The third kappa shape index (κ3) is 12.7. The molecule has 1 aliphatic rings. The average molecular weight is 206 g/mol. The van der Waals surface area contributed by atoms with Crippen molar-refractivity contribution in [1.82, 2.24) is 0 Å². The zero-order chi connectivity index (χ0) is 8.36. The average Bonchev–Trinajstić information content (AvgIpc) is 2.10. The molecule has 0 N–H and O–H groups in total. The molecular weight excluding hydrogens is 188 g/mol. The second kappa shape index (κ2) is 13.6. The fourth-order valence-electron chi connectivity index (χ4n) is 1.02. The number of hydrogen-bond acceptors (Lipinski definition) is 0. The Morgan fingerprint density at radius 3 is 1.92 bits per heavy atom. The van der Waals surface area contributed by atoms with Crippen LogP contribution in [0.1, 0.15) is 39.0 Å². The van der Waals surface area contributed by atoms with E-state index in [0.717, 1.165) is 0 Å². The molecule has 0 aliphatic heterocycles. The number of hydrogen-bond donors (Lipinski definition) is 0. The summed E-state index contributed by atoms with van der Waals surface area (Å²) in [5.41, 5.74) is 0. The van der Waals surface area contributed by atoms with Gasteiger partial charge in [0, 0.05) is 0 Å². The second-order valence-electron chi connectivity index (χ2n) is 2.63. The molecule has 0 heterocycles. The van der Waals surface area contributed by atoms with Crippen LogP contribution in [0.2, 0.25) is 0 Å². The molecule has 1 saturated carbocycles. The summed E-state index contributed by atoms with van der Waals surface area (Å²) in [5, 5.41) is 0. The molecule has 0 saturated heterocycles. The molecule has 70 valence electrons. The smallest absolute Gasteiger partial charge is 0.328 e. The summed E-state index contributed by atoms with van der Waals surface area (Å²) in [4.78, 5) is 0. The summed E-state index contributed by atoms with van der Waals surface area (Å²) in [5.74, 6) is 0. The van der Waals surface area contributed by atoms with E-state index in [1.807, 2.05) is 13.0 Å². The Hall–Kier alpha value is -0.000519. The Kier molecular flexibility index (Phi) is 16.4. The maximum Gasteiger partial charge on any atom is 2.00 e. The van der Waals surface area contributed by atoms with Gasteiger partial charge in [-0.15, -0.1) is 6.92 Å². The predicted octanol–water partition coefficient (Wildman–Crippen LogP) is 3.70. The van der Waals surface area contributed by atoms with Crippen LogP contribution in [0, 0.1) is 12.5 Å². The van der Waals surface area contributed by atoms with Gasteiger partial charge in [-0.3, -0.25) is 6.08 Å². The van der Waals surface area contributed by atoms with E-state index in [0.29, 0.717) is 0 Å². The quantitative estimate of drug-likeness (QED) is 0.348. The van der Waals surface area contributed by atoms with E-state index in [1.54, 1.807) is 6.08 Å². The minimum Gasteiger partial charge on any atom is -0.328 e. The molecule has 0 spiro atoms. The zero-order valence-electron chi connectivity index (χ0n) is 7.83. The maximum absolute atomic E-state index is 3.34. The summed E-state index contributed by atoms with van der Waals surface area (Å²) in [6, 6.07) is 0. The molecule has 0 nitrogen and oxygen atoms in total. The minimum absolute atomic E-state index is 0. The van der Waals surface area contributed by atoms with Crippen molar-refractivity contribution in [2.75, 3.05) is 0 Å². The Morgan fingerprint density at radius 2 is 1.83 bits per heavy atom. The molecule has 0 radical (unpaired) electrons. The fraction of sp³-hybridized carbons (Fsp3) is 0.545. The molecule has 1 rings (SSSR count). The van der Waals surface area contributed by atoms with Crippen LogP contribution in [0.15, 0.2) is 18.7 Å². The van der Waals surface area contributed by atoms with E-state index < -0.39 is 0 Å². The topological polar surface area (TPSA) is 0 Å². The van der Waals surface area contributed by atoms with Crippen LogP contribution in [0.5, 0.6) is 0 Å².